The smallest absolute Gasteiger partial charge is 0.0590 e. The van der Waals surface area contributed by atoms with Gasteiger partial charge in [0.15, 0.2) is 0 Å². The first-order valence-electron chi connectivity index (χ1n) is 7.87. The largest absolute Gasteiger partial charge is 0.380 e. The molecule has 1 aliphatic heterocycles. The van der Waals surface area contributed by atoms with Gasteiger partial charge in [0.1, 0.15) is 0 Å². The summed E-state index contributed by atoms with van der Waals surface area (Å²) in [4.78, 5) is 2.64. The highest BCUT2D eigenvalue weighted by Gasteiger charge is 2.16. The predicted molar refractivity (Wildman–Crippen MR) is 78.1 cm³/mol. The minimum atomic E-state index is 0.802. The maximum atomic E-state index is 5.51. The minimum Gasteiger partial charge on any atom is -0.380 e. The lowest BCUT2D eigenvalue weighted by atomic mass is 10.0. The fourth-order valence-electron chi connectivity index (χ4n) is 2.51. The summed E-state index contributed by atoms with van der Waals surface area (Å²) in [7, 11) is 0. The van der Waals surface area contributed by atoms with E-state index in [0.717, 1.165) is 32.3 Å². The van der Waals surface area contributed by atoms with Gasteiger partial charge in [-0.05, 0) is 52.2 Å². The second kappa shape index (κ2) is 10.8. The van der Waals surface area contributed by atoms with Crippen LogP contribution in [0.4, 0.5) is 0 Å². The molecule has 1 rings (SSSR count). The predicted octanol–water partition coefficient (Wildman–Crippen LogP) is 2.66. The van der Waals surface area contributed by atoms with Crippen molar-refractivity contribution in [1.82, 2.24) is 10.2 Å². The number of piperidine rings is 1. The second-order valence-corrected chi connectivity index (χ2v) is 5.45. The van der Waals surface area contributed by atoms with Crippen LogP contribution in [0, 0.1) is 0 Å². The number of hydrogen-bond acceptors (Lipinski definition) is 3. The van der Waals surface area contributed by atoms with Crippen molar-refractivity contribution in [1.29, 1.82) is 0 Å². The van der Waals surface area contributed by atoms with Gasteiger partial charge in [-0.25, -0.2) is 0 Å². The maximum Gasteiger partial charge on any atom is 0.0590 e. The summed E-state index contributed by atoms with van der Waals surface area (Å²) in [6.07, 6.45) is 7.88. The molecule has 108 valence electrons. The fourth-order valence-corrected chi connectivity index (χ4v) is 2.51. The number of rotatable bonds is 10. The molecule has 1 N–H and O–H groups in total. The molecule has 0 aromatic heterocycles. The van der Waals surface area contributed by atoms with Gasteiger partial charge in [-0.2, -0.15) is 0 Å². The zero-order chi connectivity index (χ0) is 13.1. The molecule has 0 radical (unpaired) electrons. The first kappa shape index (κ1) is 15.9. The zero-order valence-electron chi connectivity index (χ0n) is 12.4. The van der Waals surface area contributed by atoms with Crippen LogP contribution in [0.15, 0.2) is 0 Å². The number of ether oxygens (including phenoxy) is 1. The molecular formula is C15H32N2O. The molecule has 18 heavy (non-hydrogen) atoms. The van der Waals surface area contributed by atoms with Crippen LogP contribution in [0.25, 0.3) is 0 Å². The Morgan fingerprint density at radius 2 is 2.06 bits per heavy atom. The van der Waals surface area contributed by atoms with Gasteiger partial charge in [-0.1, -0.05) is 19.8 Å². The molecule has 1 heterocycles. The Morgan fingerprint density at radius 3 is 2.83 bits per heavy atom. The minimum absolute atomic E-state index is 0.802. The molecule has 1 aliphatic rings. The lowest BCUT2D eigenvalue weighted by molar-refractivity contribution is 0.131. The van der Waals surface area contributed by atoms with Crippen molar-refractivity contribution in [2.24, 2.45) is 0 Å². The molecule has 1 saturated heterocycles. The Kier molecular flexibility index (Phi) is 9.54. The van der Waals surface area contributed by atoms with Crippen LogP contribution >= 0.6 is 0 Å². The molecule has 0 aromatic rings. The lowest BCUT2D eigenvalue weighted by Crippen LogP contribution is -2.39. The van der Waals surface area contributed by atoms with Crippen LogP contribution in [0.2, 0.25) is 0 Å². The molecule has 3 heteroatoms. The Balaban J connectivity index is 1.83. The van der Waals surface area contributed by atoms with Gasteiger partial charge in [0.25, 0.3) is 0 Å². The third kappa shape index (κ3) is 7.34. The molecular weight excluding hydrogens is 224 g/mol. The van der Waals surface area contributed by atoms with E-state index < -0.39 is 0 Å². The van der Waals surface area contributed by atoms with E-state index in [1.54, 1.807) is 0 Å². The molecule has 0 bridgehead atoms. The topological polar surface area (TPSA) is 24.5 Å². The van der Waals surface area contributed by atoms with Gasteiger partial charge < -0.3 is 15.0 Å². The van der Waals surface area contributed by atoms with Gasteiger partial charge in [-0.3, -0.25) is 0 Å². The van der Waals surface area contributed by atoms with Crippen molar-refractivity contribution in [3.8, 4) is 0 Å². The summed E-state index contributed by atoms with van der Waals surface area (Å²) in [5.41, 5.74) is 0. The first-order chi connectivity index (χ1) is 8.84. The standard InChI is InChI=1S/C15H32N2O/c1-3-4-13-18-14-10-16-9-7-12-17-11-6-5-8-15(17)2/h15-16H,3-14H2,1-2H3. The van der Waals surface area contributed by atoms with Crippen LogP contribution in [0.5, 0.6) is 0 Å². The van der Waals surface area contributed by atoms with E-state index in [1.165, 1.54) is 51.6 Å². The summed E-state index contributed by atoms with van der Waals surface area (Å²) in [6, 6.07) is 0.802. The van der Waals surface area contributed by atoms with Crippen LogP contribution in [-0.4, -0.2) is 50.3 Å². The van der Waals surface area contributed by atoms with E-state index in [2.05, 4.69) is 24.1 Å². The lowest BCUT2D eigenvalue weighted by Gasteiger charge is -2.33. The molecule has 0 aliphatic carbocycles. The molecule has 0 aromatic carbocycles. The van der Waals surface area contributed by atoms with Crippen LogP contribution in [-0.2, 0) is 4.74 Å². The van der Waals surface area contributed by atoms with E-state index >= 15 is 0 Å². The molecule has 1 unspecified atom stereocenters. The monoisotopic (exact) mass is 256 g/mol. The van der Waals surface area contributed by atoms with Crippen LogP contribution in [0.1, 0.15) is 52.4 Å². The zero-order valence-corrected chi connectivity index (χ0v) is 12.4. The van der Waals surface area contributed by atoms with Gasteiger partial charge in [0, 0.05) is 19.2 Å². The Bertz CT molecular complexity index is 187. The number of nitrogens with one attached hydrogen (secondary N) is 1. The Labute approximate surface area is 113 Å². The summed E-state index contributed by atoms with van der Waals surface area (Å²) in [5, 5.41) is 3.47. The van der Waals surface area contributed by atoms with Gasteiger partial charge >= 0.3 is 0 Å². The molecule has 0 spiro atoms. The third-order valence-electron chi connectivity index (χ3n) is 3.80. The average molecular weight is 256 g/mol. The van der Waals surface area contributed by atoms with E-state index in [-0.39, 0.29) is 0 Å². The SMILES string of the molecule is CCCCOCCNCCCN1CCCCC1C. The summed E-state index contributed by atoms with van der Waals surface area (Å²) in [5.74, 6) is 0. The second-order valence-electron chi connectivity index (χ2n) is 5.45. The third-order valence-corrected chi connectivity index (χ3v) is 3.80. The fraction of sp³-hybridized carbons (Fsp3) is 1.00. The summed E-state index contributed by atoms with van der Waals surface area (Å²) in [6.45, 7) is 11.0. The maximum absolute atomic E-state index is 5.51. The highest BCUT2D eigenvalue weighted by Crippen LogP contribution is 2.15. The van der Waals surface area contributed by atoms with Gasteiger partial charge in [-0.15, -0.1) is 0 Å². The normalized spacial score (nSPS) is 21.3. The first-order valence-corrected chi connectivity index (χ1v) is 7.87. The highest BCUT2D eigenvalue weighted by atomic mass is 16.5. The van der Waals surface area contributed by atoms with E-state index in [9.17, 15) is 0 Å². The quantitative estimate of drug-likeness (QED) is 0.608. The van der Waals surface area contributed by atoms with E-state index in [4.69, 9.17) is 4.74 Å². The van der Waals surface area contributed by atoms with E-state index in [1.807, 2.05) is 0 Å². The van der Waals surface area contributed by atoms with E-state index in [0.29, 0.717) is 0 Å². The highest BCUT2D eigenvalue weighted by molar-refractivity contribution is 4.72. The van der Waals surface area contributed by atoms with Crippen molar-refractivity contribution >= 4 is 0 Å². The molecule has 1 fully saturated rings. The van der Waals surface area contributed by atoms with Crippen molar-refractivity contribution in [2.75, 3.05) is 39.4 Å². The Hall–Kier alpha value is -0.120. The average Bonchev–Trinajstić information content (AvgIpc) is 2.39. The van der Waals surface area contributed by atoms with Crippen molar-refractivity contribution in [3.05, 3.63) is 0 Å². The van der Waals surface area contributed by atoms with Gasteiger partial charge in [0.05, 0.1) is 6.61 Å². The number of likely N-dealkylation sites (tertiary alicyclic amines) is 1. The van der Waals surface area contributed by atoms with Crippen molar-refractivity contribution in [2.45, 2.75) is 58.4 Å². The number of hydrogen-bond donors (Lipinski definition) is 1. The number of nitrogens with zero attached hydrogens (tertiary/aromatic N) is 1. The Morgan fingerprint density at radius 1 is 1.17 bits per heavy atom. The molecule has 3 nitrogen and oxygen atoms in total. The molecule has 0 saturated carbocycles. The number of unbranched alkanes of at least 4 members (excludes halogenated alkanes) is 1. The van der Waals surface area contributed by atoms with Crippen LogP contribution < -0.4 is 5.32 Å². The van der Waals surface area contributed by atoms with Crippen molar-refractivity contribution in [3.63, 3.8) is 0 Å². The molecule has 1 atom stereocenters. The molecule has 0 amide bonds. The van der Waals surface area contributed by atoms with Gasteiger partial charge in [0.2, 0.25) is 0 Å². The van der Waals surface area contributed by atoms with Crippen LogP contribution in [0.3, 0.4) is 0 Å². The summed E-state index contributed by atoms with van der Waals surface area (Å²) >= 11 is 0. The summed E-state index contributed by atoms with van der Waals surface area (Å²) < 4.78 is 5.51. The van der Waals surface area contributed by atoms with Crippen molar-refractivity contribution < 1.29 is 4.74 Å².